The summed E-state index contributed by atoms with van der Waals surface area (Å²) in [4.78, 5) is 4.69. The van der Waals surface area contributed by atoms with Crippen LogP contribution in [0.5, 0.6) is 0 Å². The maximum Gasteiger partial charge on any atom is 0.190 e. The SMILES string of the molecule is CONC[C@H]1O[C@@H]2OC(C)(C)O[C@@H]2[C@H]1O. The Morgan fingerprint density at radius 1 is 1.40 bits per heavy atom. The fourth-order valence-corrected chi connectivity index (χ4v) is 1.89. The lowest BCUT2D eigenvalue weighted by Gasteiger charge is -2.22. The van der Waals surface area contributed by atoms with Crippen LogP contribution >= 0.6 is 0 Å². The van der Waals surface area contributed by atoms with E-state index in [0.717, 1.165) is 0 Å². The van der Waals surface area contributed by atoms with E-state index >= 15 is 0 Å². The summed E-state index contributed by atoms with van der Waals surface area (Å²) in [6.45, 7) is 3.99. The van der Waals surface area contributed by atoms with Gasteiger partial charge in [-0.1, -0.05) is 0 Å². The minimum absolute atomic E-state index is 0.365. The quantitative estimate of drug-likeness (QED) is 0.616. The van der Waals surface area contributed by atoms with Crippen molar-refractivity contribution < 1.29 is 24.2 Å². The van der Waals surface area contributed by atoms with Gasteiger partial charge in [0, 0.05) is 0 Å². The van der Waals surface area contributed by atoms with Gasteiger partial charge in [-0.25, -0.2) is 5.48 Å². The van der Waals surface area contributed by atoms with Gasteiger partial charge in [0.2, 0.25) is 0 Å². The Kier molecular flexibility index (Phi) is 2.98. The van der Waals surface area contributed by atoms with Crippen LogP contribution < -0.4 is 5.48 Å². The molecule has 2 N–H and O–H groups in total. The van der Waals surface area contributed by atoms with Crippen LogP contribution in [-0.4, -0.2) is 49.2 Å². The molecule has 0 amide bonds. The van der Waals surface area contributed by atoms with Gasteiger partial charge in [0.15, 0.2) is 12.1 Å². The highest BCUT2D eigenvalue weighted by Gasteiger charge is 2.54. The van der Waals surface area contributed by atoms with E-state index in [9.17, 15) is 5.11 Å². The molecule has 88 valence electrons. The van der Waals surface area contributed by atoms with Crippen molar-refractivity contribution in [3.63, 3.8) is 0 Å². The molecule has 2 saturated heterocycles. The number of fused-ring (bicyclic) bond motifs is 1. The summed E-state index contributed by atoms with van der Waals surface area (Å²) >= 11 is 0. The number of ether oxygens (including phenoxy) is 3. The highest BCUT2D eigenvalue weighted by Crippen LogP contribution is 2.37. The number of aliphatic hydroxyl groups excluding tert-OH is 1. The molecule has 0 saturated carbocycles. The van der Waals surface area contributed by atoms with E-state index in [4.69, 9.17) is 19.0 Å². The maximum atomic E-state index is 9.89. The molecule has 2 heterocycles. The van der Waals surface area contributed by atoms with E-state index in [-0.39, 0.29) is 6.10 Å². The minimum Gasteiger partial charge on any atom is -0.387 e. The molecule has 2 rings (SSSR count). The molecule has 2 aliphatic heterocycles. The van der Waals surface area contributed by atoms with Gasteiger partial charge in [-0.2, -0.15) is 0 Å². The molecule has 0 radical (unpaired) electrons. The Bertz CT molecular complexity index is 235. The molecule has 0 bridgehead atoms. The first-order chi connectivity index (χ1) is 7.03. The molecular formula is C9H17NO5. The van der Waals surface area contributed by atoms with E-state index in [1.165, 1.54) is 7.11 Å². The van der Waals surface area contributed by atoms with Crippen molar-refractivity contribution in [2.75, 3.05) is 13.7 Å². The van der Waals surface area contributed by atoms with Gasteiger partial charge in [0.25, 0.3) is 0 Å². The Morgan fingerprint density at radius 2 is 2.13 bits per heavy atom. The minimum atomic E-state index is -0.695. The first-order valence-electron chi connectivity index (χ1n) is 4.98. The van der Waals surface area contributed by atoms with E-state index in [1.807, 2.05) is 0 Å². The maximum absolute atomic E-state index is 9.89. The van der Waals surface area contributed by atoms with Crippen molar-refractivity contribution in [2.45, 2.75) is 44.2 Å². The number of nitrogens with one attached hydrogen (secondary N) is 1. The predicted molar refractivity (Wildman–Crippen MR) is 49.7 cm³/mol. The number of aliphatic hydroxyl groups is 1. The van der Waals surface area contributed by atoms with E-state index in [1.54, 1.807) is 13.8 Å². The molecule has 0 aromatic heterocycles. The molecule has 0 spiro atoms. The predicted octanol–water partition coefficient (Wildman–Crippen LogP) is -0.625. The van der Waals surface area contributed by atoms with E-state index < -0.39 is 24.3 Å². The van der Waals surface area contributed by atoms with Crippen molar-refractivity contribution in [3.05, 3.63) is 0 Å². The lowest BCUT2D eigenvalue weighted by molar-refractivity contribution is -0.215. The van der Waals surface area contributed by atoms with Crippen molar-refractivity contribution in [2.24, 2.45) is 0 Å². The molecular weight excluding hydrogens is 202 g/mol. The highest BCUT2D eigenvalue weighted by molar-refractivity contribution is 4.93. The Hall–Kier alpha value is -0.240. The molecule has 6 nitrogen and oxygen atoms in total. The molecule has 0 aromatic rings. The number of hydrogen-bond donors (Lipinski definition) is 2. The van der Waals surface area contributed by atoms with E-state index in [2.05, 4.69) is 5.48 Å². The zero-order chi connectivity index (χ0) is 11.1. The van der Waals surface area contributed by atoms with Crippen LogP contribution in [0.25, 0.3) is 0 Å². The van der Waals surface area contributed by atoms with Crippen molar-refractivity contribution >= 4 is 0 Å². The van der Waals surface area contributed by atoms with Crippen LogP contribution in [0.1, 0.15) is 13.8 Å². The molecule has 4 atom stereocenters. The summed E-state index contributed by atoms with van der Waals surface area (Å²) in [5.74, 6) is -0.685. The van der Waals surface area contributed by atoms with Gasteiger partial charge >= 0.3 is 0 Å². The summed E-state index contributed by atoms with van der Waals surface area (Å²) in [6.07, 6.45) is -1.96. The van der Waals surface area contributed by atoms with Crippen molar-refractivity contribution in [1.29, 1.82) is 0 Å². The monoisotopic (exact) mass is 219 g/mol. The third-order valence-electron chi connectivity index (χ3n) is 2.54. The molecule has 6 heteroatoms. The second-order valence-corrected chi connectivity index (χ2v) is 4.19. The van der Waals surface area contributed by atoms with Gasteiger partial charge in [-0.05, 0) is 13.8 Å². The van der Waals surface area contributed by atoms with Crippen LogP contribution in [0, 0.1) is 0 Å². The second-order valence-electron chi connectivity index (χ2n) is 4.19. The summed E-state index contributed by atoms with van der Waals surface area (Å²) in [6, 6.07) is 0. The lowest BCUT2D eigenvalue weighted by atomic mass is 10.1. The standard InChI is InChI=1S/C9H17NO5/c1-9(2)14-7-6(11)5(4-10-12-3)13-8(7)15-9/h5-8,10-11H,4H2,1-3H3/t5-,6+,7-,8-/m1/s1. The second kappa shape index (κ2) is 3.97. The van der Waals surface area contributed by atoms with Crippen molar-refractivity contribution in [1.82, 2.24) is 5.48 Å². The van der Waals surface area contributed by atoms with Crippen LogP contribution in [-0.2, 0) is 19.0 Å². The van der Waals surface area contributed by atoms with Gasteiger partial charge in [-0.3, -0.25) is 0 Å². The van der Waals surface area contributed by atoms with Crippen LogP contribution in [0.2, 0.25) is 0 Å². The smallest absolute Gasteiger partial charge is 0.190 e. The summed E-state index contributed by atoms with van der Waals surface area (Å²) < 4.78 is 16.5. The molecule has 0 aliphatic carbocycles. The van der Waals surface area contributed by atoms with Gasteiger partial charge in [0.05, 0.1) is 13.7 Å². The summed E-state index contributed by atoms with van der Waals surface area (Å²) in [7, 11) is 1.51. The fourth-order valence-electron chi connectivity index (χ4n) is 1.89. The van der Waals surface area contributed by atoms with Crippen LogP contribution in [0.3, 0.4) is 0 Å². The molecule has 0 unspecified atom stereocenters. The fraction of sp³-hybridized carbons (Fsp3) is 1.00. The Labute approximate surface area is 88.4 Å². The summed E-state index contributed by atoms with van der Waals surface area (Å²) in [5.41, 5.74) is 2.63. The molecule has 0 aromatic carbocycles. The highest BCUT2D eigenvalue weighted by atomic mass is 16.8. The first kappa shape index (κ1) is 11.3. The third-order valence-corrected chi connectivity index (χ3v) is 2.54. The van der Waals surface area contributed by atoms with Gasteiger partial charge in [0.1, 0.15) is 18.3 Å². The number of hydroxylamine groups is 1. The number of rotatable bonds is 3. The topological polar surface area (TPSA) is 69.2 Å². The van der Waals surface area contributed by atoms with Gasteiger partial charge in [-0.15, -0.1) is 0 Å². The third kappa shape index (κ3) is 2.15. The van der Waals surface area contributed by atoms with Crippen LogP contribution in [0.15, 0.2) is 0 Å². The Balaban J connectivity index is 1.93. The first-order valence-corrected chi connectivity index (χ1v) is 4.98. The Morgan fingerprint density at radius 3 is 2.73 bits per heavy atom. The number of hydrogen-bond acceptors (Lipinski definition) is 6. The molecule has 2 aliphatic rings. The summed E-state index contributed by atoms with van der Waals surface area (Å²) in [5, 5.41) is 9.89. The molecule has 2 fully saturated rings. The largest absolute Gasteiger partial charge is 0.387 e. The van der Waals surface area contributed by atoms with E-state index in [0.29, 0.717) is 6.54 Å². The normalized spacial score (nSPS) is 43.2. The zero-order valence-electron chi connectivity index (χ0n) is 9.10. The molecule has 15 heavy (non-hydrogen) atoms. The average Bonchev–Trinajstić information content (AvgIpc) is 2.58. The van der Waals surface area contributed by atoms with Crippen LogP contribution in [0.4, 0.5) is 0 Å². The zero-order valence-corrected chi connectivity index (χ0v) is 9.10. The lowest BCUT2D eigenvalue weighted by Crippen LogP contribution is -2.39. The van der Waals surface area contributed by atoms with Crippen molar-refractivity contribution in [3.8, 4) is 0 Å². The average molecular weight is 219 g/mol. The van der Waals surface area contributed by atoms with Gasteiger partial charge < -0.3 is 24.2 Å².